The van der Waals surface area contributed by atoms with Crippen LogP contribution in [0.4, 0.5) is 0 Å². The zero-order chi connectivity index (χ0) is 15.5. The molecule has 2 aromatic carbocycles. The van der Waals surface area contributed by atoms with Crippen LogP contribution in [-0.2, 0) is 6.42 Å². The van der Waals surface area contributed by atoms with Crippen LogP contribution in [0.1, 0.15) is 27.5 Å². The normalized spacial score (nSPS) is 15.4. The summed E-state index contributed by atoms with van der Waals surface area (Å²) in [6.07, 6.45) is 0.814. The molecule has 1 N–H and O–H groups in total. The third kappa shape index (κ3) is 2.57. The molecule has 3 rings (SSSR count). The molecule has 4 nitrogen and oxygen atoms in total. The van der Waals surface area contributed by atoms with Crippen LogP contribution in [0.15, 0.2) is 48.5 Å². The molecule has 1 aliphatic rings. The first-order valence-electron chi connectivity index (χ1n) is 7.38. The molecule has 1 amide bonds. The van der Waals surface area contributed by atoms with Gasteiger partial charge in [0.2, 0.25) is 0 Å². The topological polar surface area (TPSA) is 49.8 Å². The maximum absolute atomic E-state index is 12.7. The number of rotatable bonds is 4. The van der Waals surface area contributed by atoms with Crippen molar-refractivity contribution in [3.63, 3.8) is 0 Å². The van der Waals surface area contributed by atoms with Gasteiger partial charge in [0.25, 0.3) is 5.91 Å². The Morgan fingerprint density at radius 3 is 2.59 bits per heavy atom. The second-order valence-electron chi connectivity index (χ2n) is 5.38. The summed E-state index contributed by atoms with van der Waals surface area (Å²) < 4.78 is 5.15. The molecule has 0 bridgehead atoms. The number of hydrogen-bond acceptors (Lipinski definition) is 3. The van der Waals surface area contributed by atoms with Gasteiger partial charge in [0.15, 0.2) is 0 Å². The highest BCUT2D eigenvalue weighted by Gasteiger charge is 2.30. The van der Waals surface area contributed by atoms with Gasteiger partial charge < -0.3 is 14.7 Å². The van der Waals surface area contributed by atoms with Gasteiger partial charge in [-0.1, -0.05) is 30.3 Å². The average molecular weight is 297 g/mol. The minimum atomic E-state index is -0.327. The number of fused-ring (bicyclic) bond motifs is 1. The van der Waals surface area contributed by atoms with E-state index < -0.39 is 0 Å². The average Bonchev–Trinajstić information content (AvgIpc) is 2.58. The van der Waals surface area contributed by atoms with Crippen molar-refractivity contribution in [3.8, 4) is 5.75 Å². The number of methoxy groups -OCH3 is 1. The van der Waals surface area contributed by atoms with E-state index in [9.17, 15) is 9.90 Å². The summed E-state index contributed by atoms with van der Waals surface area (Å²) in [4.78, 5) is 14.5. The number of carbonyl (C=O) groups is 1. The maximum atomic E-state index is 12.7. The second kappa shape index (κ2) is 6.20. The number of aliphatic hydroxyl groups is 1. The second-order valence-corrected chi connectivity index (χ2v) is 5.38. The van der Waals surface area contributed by atoms with Crippen molar-refractivity contribution in [2.75, 3.05) is 20.3 Å². The first-order chi connectivity index (χ1) is 10.7. The lowest BCUT2D eigenvalue weighted by molar-refractivity contribution is 0.0570. The molecule has 114 valence electrons. The van der Waals surface area contributed by atoms with Crippen LogP contribution in [0.25, 0.3) is 0 Å². The molecule has 0 aliphatic carbocycles. The molecule has 1 heterocycles. The van der Waals surface area contributed by atoms with Gasteiger partial charge in [-0.2, -0.15) is 0 Å². The summed E-state index contributed by atoms with van der Waals surface area (Å²) in [6, 6.07) is 14.8. The zero-order valence-corrected chi connectivity index (χ0v) is 12.5. The predicted octanol–water partition coefficient (Wildman–Crippen LogP) is 2.43. The first kappa shape index (κ1) is 14.6. The summed E-state index contributed by atoms with van der Waals surface area (Å²) in [5.74, 6) is 0.743. The van der Waals surface area contributed by atoms with E-state index in [1.807, 2.05) is 48.5 Å². The van der Waals surface area contributed by atoms with E-state index in [-0.39, 0.29) is 18.6 Å². The molecular formula is C18H19NO3. The van der Waals surface area contributed by atoms with Crippen molar-refractivity contribution in [3.05, 3.63) is 65.2 Å². The van der Waals surface area contributed by atoms with Crippen LogP contribution in [0, 0.1) is 0 Å². The van der Waals surface area contributed by atoms with Crippen molar-refractivity contribution >= 4 is 5.91 Å². The molecule has 0 spiro atoms. The van der Waals surface area contributed by atoms with E-state index in [1.165, 1.54) is 0 Å². The smallest absolute Gasteiger partial charge is 0.254 e. The van der Waals surface area contributed by atoms with E-state index in [2.05, 4.69) is 0 Å². The lowest BCUT2D eigenvalue weighted by Gasteiger charge is -2.35. The number of amides is 1. The highest BCUT2D eigenvalue weighted by atomic mass is 16.5. The van der Waals surface area contributed by atoms with Crippen molar-refractivity contribution in [2.45, 2.75) is 12.5 Å². The number of nitrogens with zero attached hydrogens (tertiary/aromatic N) is 1. The Morgan fingerprint density at radius 1 is 1.18 bits per heavy atom. The minimum Gasteiger partial charge on any atom is -0.497 e. The van der Waals surface area contributed by atoms with Crippen molar-refractivity contribution < 1.29 is 14.6 Å². The van der Waals surface area contributed by atoms with E-state index in [4.69, 9.17) is 4.74 Å². The van der Waals surface area contributed by atoms with Crippen molar-refractivity contribution in [1.29, 1.82) is 0 Å². The Hall–Kier alpha value is -2.33. The van der Waals surface area contributed by atoms with Crippen molar-refractivity contribution in [2.24, 2.45) is 0 Å². The fraction of sp³-hybridized carbons (Fsp3) is 0.278. The van der Waals surface area contributed by atoms with Gasteiger partial charge in [-0.25, -0.2) is 0 Å². The van der Waals surface area contributed by atoms with Crippen LogP contribution in [0.5, 0.6) is 5.75 Å². The number of benzene rings is 2. The van der Waals surface area contributed by atoms with E-state index in [0.717, 1.165) is 28.9 Å². The van der Waals surface area contributed by atoms with Gasteiger partial charge >= 0.3 is 0 Å². The van der Waals surface area contributed by atoms with Crippen LogP contribution in [0.3, 0.4) is 0 Å². The fourth-order valence-corrected chi connectivity index (χ4v) is 2.95. The molecule has 4 heteroatoms. The molecular weight excluding hydrogens is 278 g/mol. The molecule has 2 aromatic rings. The van der Waals surface area contributed by atoms with Gasteiger partial charge in [0.1, 0.15) is 5.75 Å². The lowest BCUT2D eigenvalue weighted by atomic mass is 9.96. The Bertz CT molecular complexity index is 666. The summed E-state index contributed by atoms with van der Waals surface area (Å²) in [5, 5.41) is 9.80. The Morgan fingerprint density at radius 2 is 1.91 bits per heavy atom. The van der Waals surface area contributed by atoms with Crippen LogP contribution >= 0.6 is 0 Å². The minimum absolute atomic E-state index is 0.0169. The predicted molar refractivity (Wildman–Crippen MR) is 84.0 cm³/mol. The molecule has 0 radical (unpaired) electrons. The number of hydrogen-bond donors (Lipinski definition) is 1. The SMILES string of the molecule is COc1ccc(C(CO)N2CCc3ccccc3C2=O)cc1. The van der Waals surface area contributed by atoms with Gasteiger partial charge in [0.05, 0.1) is 19.8 Å². The Balaban J connectivity index is 1.89. The Kier molecular flexibility index (Phi) is 4.11. The van der Waals surface area contributed by atoms with Gasteiger partial charge in [0, 0.05) is 12.1 Å². The summed E-state index contributed by atoms with van der Waals surface area (Å²) >= 11 is 0. The van der Waals surface area contributed by atoms with Gasteiger partial charge in [-0.15, -0.1) is 0 Å². The molecule has 0 fully saturated rings. The maximum Gasteiger partial charge on any atom is 0.254 e. The summed E-state index contributed by atoms with van der Waals surface area (Å²) in [5.41, 5.74) is 2.73. The molecule has 0 aromatic heterocycles. The fourth-order valence-electron chi connectivity index (χ4n) is 2.95. The molecule has 22 heavy (non-hydrogen) atoms. The number of aliphatic hydroxyl groups excluding tert-OH is 1. The molecule has 0 saturated heterocycles. The number of carbonyl (C=O) groups excluding carboxylic acids is 1. The monoisotopic (exact) mass is 297 g/mol. The highest BCUT2D eigenvalue weighted by Crippen LogP contribution is 2.28. The lowest BCUT2D eigenvalue weighted by Crippen LogP contribution is -2.41. The third-order valence-electron chi connectivity index (χ3n) is 4.18. The van der Waals surface area contributed by atoms with Crippen LogP contribution in [-0.4, -0.2) is 36.2 Å². The highest BCUT2D eigenvalue weighted by molar-refractivity contribution is 5.97. The molecule has 1 atom stereocenters. The largest absolute Gasteiger partial charge is 0.497 e. The first-order valence-corrected chi connectivity index (χ1v) is 7.38. The zero-order valence-electron chi connectivity index (χ0n) is 12.5. The van der Waals surface area contributed by atoms with E-state index in [0.29, 0.717) is 6.54 Å². The van der Waals surface area contributed by atoms with Crippen molar-refractivity contribution in [1.82, 2.24) is 4.90 Å². The van der Waals surface area contributed by atoms with Crippen LogP contribution in [0.2, 0.25) is 0 Å². The standard InChI is InChI=1S/C18H19NO3/c1-22-15-8-6-14(7-9-15)17(12-20)19-11-10-13-4-2-3-5-16(13)18(19)21/h2-9,17,20H,10-12H2,1H3. The summed E-state index contributed by atoms with van der Waals surface area (Å²) in [6.45, 7) is 0.521. The number of ether oxygens (including phenoxy) is 1. The molecule has 1 unspecified atom stereocenters. The summed E-state index contributed by atoms with van der Waals surface area (Å²) in [7, 11) is 1.61. The van der Waals surface area contributed by atoms with E-state index in [1.54, 1.807) is 12.0 Å². The van der Waals surface area contributed by atoms with Crippen LogP contribution < -0.4 is 4.74 Å². The third-order valence-corrected chi connectivity index (χ3v) is 4.18. The van der Waals surface area contributed by atoms with Gasteiger partial charge in [-0.3, -0.25) is 4.79 Å². The molecule has 0 saturated carbocycles. The Labute approximate surface area is 130 Å². The van der Waals surface area contributed by atoms with Gasteiger partial charge in [-0.05, 0) is 35.7 Å². The van der Waals surface area contributed by atoms with E-state index >= 15 is 0 Å². The quantitative estimate of drug-likeness (QED) is 0.943. The molecule has 1 aliphatic heterocycles.